The summed E-state index contributed by atoms with van der Waals surface area (Å²) in [6.07, 6.45) is 4.68. The van der Waals surface area contributed by atoms with Crippen LogP contribution in [0.3, 0.4) is 0 Å². The number of anilines is 1. The fourth-order valence-corrected chi connectivity index (χ4v) is 3.12. The summed E-state index contributed by atoms with van der Waals surface area (Å²) in [7, 11) is 0. The summed E-state index contributed by atoms with van der Waals surface area (Å²) >= 11 is 9.52. The molecular weight excluding hydrogens is 328 g/mol. The summed E-state index contributed by atoms with van der Waals surface area (Å²) in [6.45, 7) is 1.92. The van der Waals surface area contributed by atoms with Crippen LogP contribution in [0.2, 0.25) is 5.02 Å². The molecule has 1 amide bonds. The molecule has 0 radical (unpaired) electrons. The number of rotatable bonds is 2. The van der Waals surface area contributed by atoms with Crippen LogP contribution >= 0.6 is 27.5 Å². The van der Waals surface area contributed by atoms with Crippen molar-refractivity contribution in [2.24, 2.45) is 5.73 Å². The lowest BCUT2D eigenvalue weighted by Gasteiger charge is -2.32. The predicted octanol–water partition coefficient (Wildman–Crippen LogP) is 4.01. The lowest BCUT2D eigenvalue weighted by Crippen LogP contribution is -2.52. The number of hydrogen-bond acceptors (Lipinski definition) is 2. The quantitative estimate of drug-likeness (QED) is 0.851. The molecule has 0 bridgehead atoms. The first-order valence-corrected chi connectivity index (χ1v) is 7.65. The van der Waals surface area contributed by atoms with Crippen LogP contribution in [0.1, 0.15) is 37.7 Å². The second kappa shape index (κ2) is 5.81. The van der Waals surface area contributed by atoms with Crippen molar-refractivity contribution in [1.82, 2.24) is 0 Å². The minimum atomic E-state index is -0.741. The number of nitrogens with two attached hydrogens (primary N) is 1. The predicted molar refractivity (Wildman–Crippen MR) is 82.5 cm³/mol. The molecular formula is C14H18BrClN2O. The fourth-order valence-electron chi connectivity index (χ4n) is 2.40. The first kappa shape index (κ1) is 14.8. The van der Waals surface area contributed by atoms with Crippen molar-refractivity contribution in [3.63, 3.8) is 0 Å². The highest BCUT2D eigenvalue weighted by Gasteiger charge is 2.35. The number of hydrogen-bond donors (Lipinski definition) is 2. The first-order valence-electron chi connectivity index (χ1n) is 6.48. The second-order valence-corrected chi connectivity index (χ2v) is 6.51. The van der Waals surface area contributed by atoms with Gasteiger partial charge in [-0.05, 0) is 53.4 Å². The molecule has 1 fully saturated rings. The second-order valence-electron chi connectivity index (χ2n) is 5.25. The Hall–Kier alpha value is -0.580. The van der Waals surface area contributed by atoms with Gasteiger partial charge in [0.1, 0.15) is 0 Å². The van der Waals surface area contributed by atoms with Crippen LogP contribution in [0.15, 0.2) is 16.6 Å². The zero-order chi connectivity index (χ0) is 14.0. The molecule has 3 nitrogen and oxygen atoms in total. The smallest absolute Gasteiger partial charge is 0.244 e. The summed E-state index contributed by atoms with van der Waals surface area (Å²) in [5.41, 5.74) is 7.11. The summed E-state index contributed by atoms with van der Waals surface area (Å²) < 4.78 is 0.821. The number of carbonyl (C=O) groups is 1. The molecule has 2 rings (SSSR count). The summed E-state index contributed by atoms with van der Waals surface area (Å²) in [6, 6.07) is 3.65. The van der Waals surface area contributed by atoms with Gasteiger partial charge in [0, 0.05) is 9.50 Å². The lowest BCUT2D eigenvalue weighted by molar-refractivity contribution is -0.122. The molecule has 1 aromatic carbocycles. The van der Waals surface area contributed by atoms with Crippen molar-refractivity contribution in [3.8, 4) is 0 Å². The molecule has 0 aliphatic heterocycles. The first-order chi connectivity index (χ1) is 8.92. The molecule has 1 saturated carbocycles. The largest absolute Gasteiger partial charge is 0.323 e. The van der Waals surface area contributed by atoms with E-state index < -0.39 is 5.54 Å². The molecule has 0 heterocycles. The van der Waals surface area contributed by atoms with E-state index in [4.69, 9.17) is 17.3 Å². The van der Waals surface area contributed by atoms with Crippen LogP contribution in [-0.4, -0.2) is 11.4 Å². The molecule has 1 aromatic rings. The normalized spacial score (nSPS) is 18.1. The van der Waals surface area contributed by atoms with Gasteiger partial charge in [0.15, 0.2) is 0 Å². The van der Waals surface area contributed by atoms with E-state index in [1.807, 2.05) is 13.0 Å². The van der Waals surface area contributed by atoms with Gasteiger partial charge in [-0.3, -0.25) is 4.79 Å². The fraction of sp³-hybridized carbons (Fsp3) is 0.500. The Kier molecular flexibility index (Phi) is 4.54. The third-order valence-corrected chi connectivity index (χ3v) is 4.76. The van der Waals surface area contributed by atoms with Gasteiger partial charge in [-0.25, -0.2) is 0 Å². The molecule has 0 unspecified atom stereocenters. The van der Waals surface area contributed by atoms with Gasteiger partial charge in [0.05, 0.1) is 11.2 Å². The average Bonchev–Trinajstić information content (AvgIpc) is 2.36. The molecule has 0 spiro atoms. The Labute approximate surface area is 127 Å². The van der Waals surface area contributed by atoms with Crippen LogP contribution in [0.4, 0.5) is 5.69 Å². The van der Waals surface area contributed by atoms with Crippen molar-refractivity contribution in [3.05, 3.63) is 27.2 Å². The zero-order valence-electron chi connectivity index (χ0n) is 10.9. The van der Waals surface area contributed by atoms with Crippen LogP contribution in [0.25, 0.3) is 0 Å². The Bertz CT molecular complexity index is 498. The van der Waals surface area contributed by atoms with Gasteiger partial charge in [-0.1, -0.05) is 30.9 Å². The maximum Gasteiger partial charge on any atom is 0.244 e. The van der Waals surface area contributed by atoms with E-state index in [1.165, 1.54) is 0 Å². The monoisotopic (exact) mass is 344 g/mol. The number of halogens is 2. The maximum absolute atomic E-state index is 12.3. The molecule has 3 N–H and O–H groups in total. The summed E-state index contributed by atoms with van der Waals surface area (Å²) in [5, 5.41) is 3.53. The van der Waals surface area contributed by atoms with E-state index in [9.17, 15) is 4.79 Å². The molecule has 5 heteroatoms. The Morgan fingerprint density at radius 2 is 2.00 bits per heavy atom. The minimum absolute atomic E-state index is 0.118. The number of amides is 1. The molecule has 104 valence electrons. The lowest BCUT2D eigenvalue weighted by atomic mass is 9.82. The van der Waals surface area contributed by atoms with E-state index in [0.29, 0.717) is 10.7 Å². The van der Waals surface area contributed by atoms with Crippen molar-refractivity contribution >= 4 is 39.1 Å². The SMILES string of the molecule is Cc1cc(Br)c(NC(=O)C2(N)CCCCC2)cc1Cl. The molecule has 1 aliphatic carbocycles. The van der Waals surface area contributed by atoms with E-state index in [1.54, 1.807) is 6.07 Å². The highest BCUT2D eigenvalue weighted by Crippen LogP contribution is 2.32. The highest BCUT2D eigenvalue weighted by molar-refractivity contribution is 9.10. The van der Waals surface area contributed by atoms with Crippen molar-refractivity contribution in [2.75, 3.05) is 5.32 Å². The van der Waals surface area contributed by atoms with Gasteiger partial charge in [-0.15, -0.1) is 0 Å². The molecule has 0 aromatic heterocycles. The topological polar surface area (TPSA) is 55.1 Å². The minimum Gasteiger partial charge on any atom is -0.323 e. The zero-order valence-corrected chi connectivity index (χ0v) is 13.3. The standard InChI is InChI=1S/C14H18BrClN2O/c1-9-7-10(15)12(8-11(9)16)18-13(19)14(17)5-3-2-4-6-14/h7-8H,2-6,17H2,1H3,(H,18,19). The average molecular weight is 346 g/mol. The van der Waals surface area contributed by atoms with Crippen molar-refractivity contribution in [1.29, 1.82) is 0 Å². The highest BCUT2D eigenvalue weighted by atomic mass is 79.9. The molecule has 1 aliphatic rings. The third kappa shape index (κ3) is 3.30. The summed E-state index contributed by atoms with van der Waals surface area (Å²) in [5.74, 6) is -0.118. The van der Waals surface area contributed by atoms with Gasteiger partial charge in [0.25, 0.3) is 0 Å². The number of benzene rings is 1. The molecule has 0 saturated heterocycles. The number of nitrogens with one attached hydrogen (secondary N) is 1. The van der Waals surface area contributed by atoms with Crippen LogP contribution in [0, 0.1) is 6.92 Å². The number of aryl methyl sites for hydroxylation is 1. The van der Waals surface area contributed by atoms with Crippen LogP contribution < -0.4 is 11.1 Å². The Morgan fingerprint density at radius 1 is 1.37 bits per heavy atom. The summed E-state index contributed by atoms with van der Waals surface area (Å²) in [4.78, 5) is 12.3. The van der Waals surface area contributed by atoms with E-state index >= 15 is 0 Å². The Morgan fingerprint density at radius 3 is 2.63 bits per heavy atom. The Balaban J connectivity index is 2.16. The van der Waals surface area contributed by atoms with Crippen LogP contribution in [-0.2, 0) is 4.79 Å². The van der Waals surface area contributed by atoms with E-state index in [2.05, 4.69) is 21.2 Å². The van der Waals surface area contributed by atoms with Gasteiger partial charge < -0.3 is 11.1 Å². The van der Waals surface area contributed by atoms with E-state index in [-0.39, 0.29) is 5.91 Å². The third-order valence-electron chi connectivity index (χ3n) is 3.69. The molecule has 19 heavy (non-hydrogen) atoms. The van der Waals surface area contributed by atoms with Gasteiger partial charge >= 0.3 is 0 Å². The molecule has 0 atom stereocenters. The number of carbonyl (C=O) groups excluding carboxylic acids is 1. The van der Waals surface area contributed by atoms with E-state index in [0.717, 1.165) is 42.1 Å². The maximum atomic E-state index is 12.3. The van der Waals surface area contributed by atoms with Gasteiger partial charge in [0.2, 0.25) is 5.91 Å². The van der Waals surface area contributed by atoms with Crippen LogP contribution in [0.5, 0.6) is 0 Å². The van der Waals surface area contributed by atoms with Gasteiger partial charge in [-0.2, -0.15) is 0 Å². The van der Waals surface area contributed by atoms with Crippen molar-refractivity contribution < 1.29 is 4.79 Å². The van der Waals surface area contributed by atoms with Crippen molar-refractivity contribution in [2.45, 2.75) is 44.6 Å².